The Morgan fingerprint density at radius 2 is 2.19 bits per heavy atom. The number of anilines is 1. The Kier molecular flexibility index (Phi) is 4.89. The van der Waals surface area contributed by atoms with E-state index in [1.807, 2.05) is 12.3 Å². The number of aliphatic hydroxyl groups excluding tert-OH is 1. The molecule has 31 heavy (non-hydrogen) atoms. The summed E-state index contributed by atoms with van der Waals surface area (Å²) in [6, 6.07) is 7.34. The number of H-pyrrole nitrogens is 1. The van der Waals surface area contributed by atoms with Gasteiger partial charge in [0, 0.05) is 25.2 Å². The van der Waals surface area contributed by atoms with Crippen LogP contribution in [0.3, 0.4) is 0 Å². The molecule has 7 nitrogen and oxygen atoms in total. The zero-order valence-electron chi connectivity index (χ0n) is 17.4. The molecule has 1 aromatic carbocycles. The van der Waals surface area contributed by atoms with Crippen LogP contribution in [0.25, 0.3) is 11.0 Å². The largest absolute Gasteiger partial charge is 0.386 e. The molecule has 1 spiro atoms. The van der Waals surface area contributed by atoms with E-state index in [9.17, 15) is 14.3 Å². The molecular formula is C23H26FN5O2. The molecule has 2 fully saturated rings. The maximum absolute atomic E-state index is 13.5. The molecule has 3 aromatic rings. The number of piperidine rings is 1. The van der Waals surface area contributed by atoms with Gasteiger partial charge in [-0.1, -0.05) is 12.1 Å². The lowest BCUT2D eigenvalue weighted by atomic mass is 9.81. The molecule has 1 amide bonds. The first-order valence-electron chi connectivity index (χ1n) is 10.7. The fourth-order valence-electron chi connectivity index (χ4n) is 4.91. The monoisotopic (exact) mass is 423 g/mol. The van der Waals surface area contributed by atoms with Gasteiger partial charge in [-0.2, -0.15) is 0 Å². The number of benzene rings is 1. The summed E-state index contributed by atoms with van der Waals surface area (Å²) in [5.74, 6) is 0.371. The van der Waals surface area contributed by atoms with Crippen LogP contribution in [0.15, 0.2) is 42.9 Å². The van der Waals surface area contributed by atoms with Crippen LogP contribution in [0, 0.1) is 17.2 Å². The normalized spacial score (nSPS) is 21.8. The minimum atomic E-state index is -0.960. The predicted octanol–water partition coefficient (Wildman–Crippen LogP) is 2.94. The number of carbonyl (C=O) groups excluding carboxylic acids is 1. The van der Waals surface area contributed by atoms with Crippen molar-refractivity contribution in [2.75, 3.05) is 18.0 Å². The summed E-state index contributed by atoms with van der Waals surface area (Å²) in [6.45, 7) is 3.27. The van der Waals surface area contributed by atoms with E-state index in [0.29, 0.717) is 5.56 Å². The Morgan fingerprint density at radius 3 is 2.97 bits per heavy atom. The topological polar surface area (TPSA) is 94.1 Å². The molecule has 2 aliphatic rings. The number of halogens is 1. The van der Waals surface area contributed by atoms with Crippen molar-refractivity contribution < 1.29 is 14.3 Å². The molecule has 8 heteroatoms. The van der Waals surface area contributed by atoms with E-state index in [-0.39, 0.29) is 17.2 Å². The van der Waals surface area contributed by atoms with E-state index >= 15 is 0 Å². The number of rotatable bonds is 5. The summed E-state index contributed by atoms with van der Waals surface area (Å²) in [4.78, 5) is 27.3. The van der Waals surface area contributed by atoms with E-state index < -0.39 is 18.0 Å². The third kappa shape index (κ3) is 3.65. The first kappa shape index (κ1) is 19.9. The van der Waals surface area contributed by atoms with Gasteiger partial charge in [-0.25, -0.2) is 14.4 Å². The second-order valence-corrected chi connectivity index (χ2v) is 8.86. The lowest BCUT2D eigenvalue weighted by molar-refractivity contribution is -0.129. The van der Waals surface area contributed by atoms with Crippen LogP contribution in [0.2, 0.25) is 0 Å². The van der Waals surface area contributed by atoms with Crippen LogP contribution in [0.1, 0.15) is 37.9 Å². The summed E-state index contributed by atoms with van der Waals surface area (Å²) in [5.41, 5.74) is 1.22. The highest BCUT2D eigenvalue weighted by Crippen LogP contribution is 2.56. The lowest BCUT2D eigenvalue weighted by Gasteiger charge is -2.39. The highest BCUT2D eigenvalue weighted by molar-refractivity contribution is 5.87. The number of hydrogen-bond donors (Lipinski definition) is 3. The van der Waals surface area contributed by atoms with E-state index in [2.05, 4.69) is 25.2 Å². The van der Waals surface area contributed by atoms with Crippen molar-refractivity contribution in [3.05, 3.63) is 54.2 Å². The summed E-state index contributed by atoms with van der Waals surface area (Å²) in [6.07, 6.45) is 5.21. The number of nitrogens with one attached hydrogen (secondary N) is 2. The Bertz CT molecular complexity index is 1110. The Balaban J connectivity index is 1.28. The van der Waals surface area contributed by atoms with Crippen molar-refractivity contribution in [2.45, 2.75) is 38.3 Å². The minimum Gasteiger partial charge on any atom is -0.386 e. The van der Waals surface area contributed by atoms with Gasteiger partial charge in [0.05, 0.1) is 17.5 Å². The average Bonchev–Trinajstić information content (AvgIpc) is 3.34. The van der Waals surface area contributed by atoms with Gasteiger partial charge in [-0.05, 0) is 55.4 Å². The zero-order chi connectivity index (χ0) is 21.6. The van der Waals surface area contributed by atoms with Crippen molar-refractivity contribution in [2.24, 2.45) is 11.3 Å². The number of hydrogen-bond acceptors (Lipinski definition) is 5. The third-order valence-corrected chi connectivity index (χ3v) is 6.81. The molecule has 1 saturated heterocycles. The number of aliphatic hydroxyl groups is 1. The van der Waals surface area contributed by atoms with Crippen molar-refractivity contribution in [3.8, 4) is 0 Å². The second-order valence-electron chi connectivity index (χ2n) is 8.86. The van der Waals surface area contributed by atoms with Gasteiger partial charge in [0.2, 0.25) is 5.91 Å². The summed E-state index contributed by atoms with van der Waals surface area (Å²) >= 11 is 0. The summed E-state index contributed by atoms with van der Waals surface area (Å²) in [7, 11) is 0. The number of nitrogens with zero attached hydrogens (tertiary/aromatic N) is 3. The number of carbonyl (C=O) groups is 1. The quantitative estimate of drug-likeness (QED) is 0.587. The highest BCUT2D eigenvalue weighted by Gasteiger charge is 2.55. The van der Waals surface area contributed by atoms with E-state index in [0.717, 1.165) is 49.2 Å². The van der Waals surface area contributed by atoms with Gasteiger partial charge < -0.3 is 20.3 Å². The van der Waals surface area contributed by atoms with Crippen LogP contribution < -0.4 is 10.2 Å². The van der Waals surface area contributed by atoms with Crippen molar-refractivity contribution in [1.29, 1.82) is 0 Å². The van der Waals surface area contributed by atoms with Gasteiger partial charge in [-0.3, -0.25) is 4.79 Å². The Hall–Kier alpha value is -3.00. The van der Waals surface area contributed by atoms with Gasteiger partial charge >= 0.3 is 0 Å². The molecule has 3 heterocycles. The van der Waals surface area contributed by atoms with E-state index in [4.69, 9.17) is 0 Å². The molecule has 3 N–H and O–H groups in total. The van der Waals surface area contributed by atoms with Gasteiger partial charge in [0.15, 0.2) is 0 Å². The number of fused-ring (bicyclic) bond motifs is 1. The predicted molar refractivity (Wildman–Crippen MR) is 115 cm³/mol. The van der Waals surface area contributed by atoms with Crippen LogP contribution in [-0.4, -0.2) is 45.1 Å². The fourth-order valence-corrected chi connectivity index (χ4v) is 4.91. The average molecular weight is 423 g/mol. The Labute approximate surface area is 179 Å². The summed E-state index contributed by atoms with van der Waals surface area (Å²) < 4.78 is 13.5. The molecule has 0 bridgehead atoms. The SMILES string of the molecule is CC(NC(=O)[C@H]1CCN(c2ncnc3[nH]ccc23)CC12CC2)C(O)c1cccc(F)c1. The first-order chi connectivity index (χ1) is 15.0. The maximum atomic E-state index is 13.5. The van der Waals surface area contributed by atoms with E-state index in [1.165, 1.54) is 12.1 Å². The van der Waals surface area contributed by atoms with Crippen molar-refractivity contribution in [3.63, 3.8) is 0 Å². The minimum absolute atomic E-state index is 0.0328. The summed E-state index contributed by atoms with van der Waals surface area (Å²) in [5, 5.41) is 14.5. The zero-order valence-corrected chi connectivity index (χ0v) is 17.4. The maximum Gasteiger partial charge on any atom is 0.224 e. The molecule has 2 unspecified atom stereocenters. The number of amides is 1. The van der Waals surface area contributed by atoms with Gasteiger partial charge in [-0.15, -0.1) is 0 Å². The van der Waals surface area contributed by atoms with Crippen LogP contribution in [-0.2, 0) is 4.79 Å². The third-order valence-electron chi connectivity index (χ3n) is 6.81. The lowest BCUT2D eigenvalue weighted by Crippen LogP contribution is -2.50. The Morgan fingerprint density at radius 1 is 1.35 bits per heavy atom. The van der Waals surface area contributed by atoms with Crippen LogP contribution >= 0.6 is 0 Å². The highest BCUT2D eigenvalue weighted by atomic mass is 19.1. The standard InChI is InChI=1S/C23H26FN5O2/c1-14(19(30)15-3-2-4-16(24)11-15)28-22(31)18-6-10-29(12-23(18)7-8-23)21-17-5-9-25-20(17)26-13-27-21/h2-5,9,11,13-14,18-19,30H,6-8,10,12H2,1H3,(H,28,31)(H,25,26,27)/t14?,18-,19?/m1/s1. The molecule has 1 aliphatic heterocycles. The molecule has 1 saturated carbocycles. The molecule has 3 atom stereocenters. The first-order valence-corrected chi connectivity index (χ1v) is 10.7. The number of aromatic amines is 1. The molecule has 2 aromatic heterocycles. The fraction of sp³-hybridized carbons (Fsp3) is 0.435. The molecule has 1 aliphatic carbocycles. The van der Waals surface area contributed by atoms with Gasteiger partial charge in [0.1, 0.15) is 23.6 Å². The molecule has 0 radical (unpaired) electrons. The van der Waals surface area contributed by atoms with Crippen molar-refractivity contribution >= 4 is 22.8 Å². The second kappa shape index (κ2) is 7.60. The van der Waals surface area contributed by atoms with Gasteiger partial charge in [0.25, 0.3) is 0 Å². The smallest absolute Gasteiger partial charge is 0.224 e. The van der Waals surface area contributed by atoms with E-state index in [1.54, 1.807) is 25.4 Å². The number of aromatic nitrogens is 3. The van der Waals surface area contributed by atoms with Crippen LogP contribution in [0.5, 0.6) is 0 Å². The molecular weight excluding hydrogens is 397 g/mol. The molecule has 5 rings (SSSR count). The van der Waals surface area contributed by atoms with Crippen LogP contribution in [0.4, 0.5) is 10.2 Å². The van der Waals surface area contributed by atoms with Crippen molar-refractivity contribution in [1.82, 2.24) is 20.3 Å². The molecule has 162 valence electrons.